The Hall–Kier alpha value is -1.55. The smallest absolute Gasteiger partial charge is 0.407 e. The van der Waals surface area contributed by atoms with E-state index in [4.69, 9.17) is 9.47 Å². The van der Waals surface area contributed by atoms with Crippen molar-refractivity contribution >= 4 is 6.09 Å². The van der Waals surface area contributed by atoms with Crippen LogP contribution in [0.15, 0.2) is 24.3 Å². The molecule has 0 bridgehead atoms. The van der Waals surface area contributed by atoms with E-state index in [1.807, 2.05) is 45.0 Å². The summed E-state index contributed by atoms with van der Waals surface area (Å²) in [6.07, 6.45) is -0.115. The molecule has 4 heteroatoms. The number of alkyl carbamates (subject to hydrolysis) is 1. The third-order valence-electron chi connectivity index (χ3n) is 2.99. The third kappa shape index (κ3) is 4.56. The van der Waals surface area contributed by atoms with Crippen LogP contribution < -0.4 is 5.32 Å². The largest absolute Gasteiger partial charge is 0.443 e. The highest BCUT2D eigenvalue weighted by molar-refractivity contribution is 5.67. The molecule has 2 atom stereocenters. The van der Waals surface area contributed by atoms with E-state index in [0.29, 0.717) is 6.54 Å². The highest BCUT2D eigenvalue weighted by Crippen LogP contribution is 2.25. The van der Waals surface area contributed by atoms with Gasteiger partial charge < -0.3 is 14.8 Å². The lowest BCUT2D eigenvalue weighted by Gasteiger charge is -2.24. The predicted molar refractivity (Wildman–Crippen MR) is 75.2 cm³/mol. The first-order chi connectivity index (χ1) is 9.10. The Labute approximate surface area is 115 Å². The van der Waals surface area contributed by atoms with Crippen molar-refractivity contribution in [2.45, 2.75) is 39.4 Å². The van der Waals surface area contributed by atoms with Crippen molar-refractivity contribution in [1.29, 1.82) is 0 Å². The number of carbonyl (C=O) groups is 1. The standard InChI is InChI=1S/C15H23NO3/c1-5-10-16-15(17)19-12(3)14(18-4)13-9-7-6-8-11(13)2/h6-9,12,14H,5,10H2,1-4H3,(H,16,17). The van der Waals surface area contributed by atoms with Gasteiger partial charge in [0.25, 0.3) is 0 Å². The minimum atomic E-state index is -0.398. The van der Waals surface area contributed by atoms with Crippen LogP contribution in [0.25, 0.3) is 0 Å². The van der Waals surface area contributed by atoms with Gasteiger partial charge in [-0.15, -0.1) is 0 Å². The van der Waals surface area contributed by atoms with E-state index in [-0.39, 0.29) is 12.2 Å². The zero-order chi connectivity index (χ0) is 14.3. The lowest BCUT2D eigenvalue weighted by atomic mass is 10.00. The van der Waals surface area contributed by atoms with Gasteiger partial charge in [0.2, 0.25) is 0 Å². The maximum atomic E-state index is 11.6. The first kappa shape index (κ1) is 15.5. The fourth-order valence-corrected chi connectivity index (χ4v) is 1.98. The molecule has 4 nitrogen and oxygen atoms in total. The highest BCUT2D eigenvalue weighted by Gasteiger charge is 2.23. The van der Waals surface area contributed by atoms with Gasteiger partial charge in [0.05, 0.1) is 0 Å². The first-order valence-corrected chi connectivity index (χ1v) is 6.63. The Morgan fingerprint density at radius 3 is 2.63 bits per heavy atom. The number of hydrogen-bond acceptors (Lipinski definition) is 3. The number of benzene rings is 1. The molecule has 0 aromatic heterocycles. The lowest BCUT2D eigenvalue weighted by Crippen LogP contribution is -2.31. The number of methoxy groups -OCH3 is 1. The third-order valence-corrected chi connectivity index (χ3v) is 2.99. The maximum absolute atomic E-state index is 11.6. The molecule has 1 aromatic carbocycles. The van der Waals surface area contributed by atoms with Crippen molar-refractivity contribution in [3.8, 4) is 0 Å². The molecule has 19 heavy (non-hydrogen) atoms. The van der Waals surface area contributed by atoms with Gasteiger partial charge >= 0.3 is 6.09 Å². The number of hydrogen-bond donors (Lipinski definition) is 1. The molecule has 0 spiro atoms. The molecule has 0 aliphatic carbocycles. The van der Waals surface area contributed by atoms with Gasteiger partial charge in [-0.05, 0) is 31.4 Å². The van der Waals surface area contributed by atoms with Crippen LogP contribution >= 0.6 is 0 Å². The molecular weight excluding hydrogens is 242 g/mol. The summed E-state index contributed by atoms with van der Waals surface area (Å²) in [5, 5.41) is 2.69. The Bertz CT molecular complexity index is 406. The van der Waals surface area contributed by atoms with Crippen molar-refractivity contribution in [3.05, 3.63) is 35.4 Å². The van der Waals surface area contributed by atoms with E-state index in [1.165, 1.54) is 0 Å². The molecular formula is C15H23NO3. The number of ether oxygens (including phenoxy) is 2. The summed E-state index contributed by atoms with van der Waals surface area (Å²) in [5.74, 6) is 0. The minimum absolute atomic E-state index is 0.256. The zero-order valence-corrected chi connectivity index (χ0v) is 12.1. The summed E-state index contributed by atoms with van der Waals surface area (Å²) in [4.78, 5) is 11.6. The fourth-order valence-electron chi connectivity index (χ4n) is 1.98. The number of aryl methyl sites for hydroxylation is 1. The summed E-state index contributed by atoms with van der Waals surface area (Å²) in [5.41, 5.74) is 2.17. The molecule has 1 aromatic rings. The monoisotopic (exact) mass is 265 g/mol. The van der Waals surface area contributed by atoms with E-state index >= 15 is 0 Å². The summed E-state index contributed by atoms with van der Waals surface area (Å²) in [7, 11) is 1.63. The Morgan fingerprint density at radius 2 is 2.05 bits per heavy atom. The number of carbonyl (C=O) groups excluding carboxylic acids is 1. The average Bonchev–Trinajstić information content (AvgIpc) is 2.39. The van der Waals surface area contributed by atoms with Crippen LogP contribution in [0.4, 0.5) is 4.79 Å². The summed E-state index contributed by atoms with van der Waals surface area (Å²) >= 11 is 0. The molecule has 0 saturated heterocycles. The van der Waals surface area contributed by atoms with Crippen LogP contribution in [-0.4, -0.2) is 25.9 Å². The number of nitrogens with one attached hydrogen (secondary N) is 1. The quantitative estimate of drug-likeness (QED) is 0.859. The molecule has 1 rings (SSSR count). The van der Waals surface area contributed by atoms with E-state index in [2.05, 4.69) is 5.32 Å². The van der Waals surface area contributed by atoms with Crippen LogP contribution in [0.2, 0.25) is 0 Å². The van der Waals surface area contributed by atoms with Crippen LogP contribution in [0.1, 0.15) is 37.5 Å². The highest BCUT2D eigenvalue weighted by atomic mass is 16.6. The van der Waals surface area contributed by atoms with Gasteiger partial charge in [0.1, 0.15) is 12.2 Å². The molecule has 0 heterocycles. The number of amides is 1. The minimum Gasteiger partial charge on any atom is -0.443 e. The maximum Gasteiger partial charge on any atom is 0.407 e. The average molecular weight is 265 g/mol. The molecule has 2 unspecified atom stereocenters. The van der Waals surface area contributed by atoms with Gasteiger partial charge in [-0.3, -0.25) is 0 Å². The SMILES string of the molecule is CCCNC(=O)OC(C)C(OC)c1ccccc1C. The van der Waals surface area contributed by atoms with E-state index < -0.39 is 6.09 Å². The summed E-state index contributed by atoms with van der Waals surface area (Å²) < 4.78 is 10.8. The number of rotatable bonds is 6. The van der Waals surface area contributed by atoms with Gasteiger partial charge in [-0.25, -0.2) is 4.79 Å². The molecule has 106 valence electrons. The van der Waals surface area contributed by atoms with Crippen molar-refractivity contribution in [1.82, 2.24) is 5.32 Å². The molecule has 0 aliphatic rings. The van der Waals surface area contributed by atoms with Crippen LogP contribution in [-0.2, 0) is 9.47 Å². The molecule has 0 fully saturated rings. The van der Waals surface area contributed by atoms with Crippen LogP contribution in [0.5, 0.6) is 0 Å². The van der Waals surface area contributed by atoms with Gasteiger partial charge in [0.15, 0.2) is 0 Å². The van der Waals surface area contributed by atoms with Gasteiger partial charge in [-0.1, -0.05) is 31.2 Å². The molecule has 0 aliphatic heterocycles. The zero-order valence-electron chi connectivity index (χ0n) is 12.1. The molecule has 0 radical (unpaired) electrons. The predicted octanol–water partition coefficient (Wildman–Crippen LogP) is 3.21. The van der Waals surface area contributed by atoms with Crippen molar-refractivity contribution < 1.29 is 14.3 Å². The lowest BCUT2D eigenvalue weighted by molar-refractivity contribution is -0.0151. The van der Waals surface area contributed by atoms with E-state index in [1.54, 1.807) is 7.11 Å². The fraction of sp³-hybridized carbons (Fsp3) is 0.533. The van der Waals surface area contributed by atoms with Crippen molar-refractivity contribution in [2.75, 3.05) is 13.7 Å². The second-order valence-electron chi connectivity index (χ2n) is 4.55. The molecule has 1 amide bonds. The van der Waals surface area contributed by atoms with Crippen LogP contribution in [0, 0.1) is 6.92 Å². The van der Waals surface area contributed by atoms with E-state index in [0.717, 1.165) is 17.5 Å². The second kappa shape index (κ2) is 7.79. The Kier molecular flexibility index (Phi) is 6.36. The van der Waals surface area contributed by atoms with Crippen molar-refractivity contribution in [3.63, 3.8) is 0 Å². The summed E-state index contributed by atoms with van der Waals surface area (Å²) in [6.45, 7) is 6.47. The Morgan fingerprint density at radius 1 is 1.37 bits per heavy atom. The normalized spacial score (nSPS) is 13.7. The van der Waals surface area contributed by atoms with E-state index in [9.17, 15) is 4.79 Å². The summed E-state index contributed by atoms with van der Waals surface area (Å²) in [6, 6.07) is 7.95. The second-order valence-corrected chi connectivity index (χ2v) is 4.55. The molecule has 0 saturated carbocycles. The first-order valence-electron chi connectivity index (χ1n) is 6.63. The van der Waals surface area contributed by atoms with Gasteiger partial charge in [0, 0.05) is 13.7 Å². The topological polar surface area (TPSA) is 47.6 Å². The van der Waals surface area contributed by atoms with Crippen LogP contribution in [0.3, 0.4) is 0 Å². The van der Waals surface area contributed by atoms with Gasteiger partial charge in [-0.2, -0.15) is 0 Å². The molecule has 1 N–H and O–H groups in total. The van der Waals surface area contributed by atoms with Crippen molar-refractivity contribution in [2.24, 2.45) is 0 Å². The Balaban J connectivity index is 2.69.